The lowest BCUT2D eigenvalue weighted by Gasteiger charge is -2.31. The van der Waals surface area contributed by atoms with E-state index in [1.165, 1.54) is 12.0 Å². The van der Waals surface area contributed by atoms with Crippen molar-refractivity contribution in [2.24, 2.45) is 0 Å². The van der Waals surface area contributed by atoms with Crippen LogP contribution < -0.4 is 19.1 Å². The van der Waals surface area contributed by atoms with Gasteiger partial charge in [0.2, 0.25) is 21.8 Å². The minimum Gasteiger partial charge on any atom is -0.497 e. The lowest BCUT2D eigenvalue weighted by molar-refractivity contribution is -0.139. The number of hydrogen-bond acceptors (Lipinski definition) is 6. The van der Waals surface area contributed by atoms with Gasteiger partial charge >= 0.3 is 0 Å². The summed E-state index contributed by atoms with van der Waals surface area (Å²) in [4.78, 5) is 27.8. The molecule has 192 valence electrons. The van der Waals surface area contributed by atoms with Crippen LogP contribution in [0.5, 0.6) is 11.5 Å². The van der Waals surface area contributed by atoms with E-state index in [1.54, 1.807) is 56.5 Å². The Bertz CT molecular complexity index is 1110. The Balaban J connectivity index is 2.37. The van der Waals surface area contributed by atoms with E-state index >= 15 is 0 Å². The van der Waals surface area contributed by atoms with Crippen LogP contribution in [0, 0.1) is 0 Å². The van der Waals surface area contributed by atoms with E-state index in [1.807, 2.05) is 13.0 Å². The van der Waals surface area contributed by atoms with Gasteiger partial charge in [-0.05, 0) is 43.2 Å². The molecule has 1 atom stereocenters. The molecule has 0 fully saturated rings. The fourth-order valence-corrected chi connectivity index (χ4v) is 4.31. The first-order valence-corrected chi connectivity index (χ1v) is 13.3. The monoisotopic (exact) mass is 505 g/mol. The van der Waals surface area contributed by atoms with E-state index in [0.717, 1.165) is 29.0 Å². The van der Waals surface area contributed by atoms with E-state index in [9.17, 15) is 18.0 Å². The first-order valence-electron chi connectivity index (χ1n) is 11.4. The molecule has 0 aliphatic heterocycles. The van der Waals surface area contributed by atoms with Gasteiger partial charge in [-0.3, -0.25) is 13.9 Å². The average molecular weight is 506 g/mol. The molecule has 0 unspecified atom stereocenters. The second kappa shape index (κ2) is 13.0. The van der Waals surface area contributed by atoms with Crippen molar-refractivity contribution >= 4 is 27.5 Å². The van der Waals surface area contributed by atoms with Crippen LogP contribution in [0.4, 0.5) is 5.69 Å². The van der Waals surface area contributed by atoms with Crippen molar-refractivity contribution < 1.29 is 27.5 Å². The molecule has 0 bridgehead atoms. The molecule has 0 radical (unpaired) electrons. The van der Waals surface area contributed by atoms with Crippen LogP contribution in [0.2, 0.25) is 0 Å². The molecule has 2 rings (SSSR count). The number of nitrogens with one attached hydrogen (secondary N) is 1. The number of nitrogens with zero attached hydrogens (tertiary/aromatic N) is 2. The van der Waals surface area contributed by atoms with Crippen molar-refractivity contribution in [2.45, 2.75) is 39.3 Å². The maximum Gasteiger partial charge on any atom is 0.244 e. The summed E-state index contributed by atoms with van der Waals surface area (Å²) in [6.45, 7) is 3.79. The highest BCUT2D eigenvalue weighted by molar-refractivity contribution is 7.92. The molecule has 0 spiro atoms. The first-order chi connectivity index (χ1) is 16.6. The Morgan fingerprint density at radius 1 is 1.03 bits per heavy atom. The van der Waals surface area contributed by atoms with Crippen molar-refractivity contribution in [3.05, 3.63) is 54.1 Å². The molecular weight excluding hydrogens is 470 g/mol. The highest BCUT2D eigenvalue weighted by atomic mass is 32.2. The summed E-state index contributed by atoms with van der Waals surface area (Å²) in [7, 11) is -0.787. The van der Waals surface area contributed by atoms with Gasteiger partial charge in [0.15, 0.2) is 0 Å². The minimum atomic E-state index is -3.81. The van der Waals surface area contributed by atoms with Gasteiger partial charge < -0.3 is 19.7 Å². The molecule has 0 saturated carbocycles. The molecule has 35 heavy (non-hydrogen) atoms. The van der Waals surface area contributed by atoms with E-state index < -0.39 is 28.5 Å². The van der Waals surface area contributed by atoms with Gasteiger partial charge in [-0.25, -0.2) is 8.42 Å². The van der Waals surface area contributed by atoms with Gasteiger partial charge in [0.1, 0.15) is 24.1 Å². The largest absolute Gasteiger partial charge is 0.497 e. The van der Waals surface area contributed by atoms with Crippen LogP contribution in [-0.2, 0) is 26.2 Å². The van der Waals surface area contributed by atoms with Crippen LogP contribution in [0.15, 0.2) is 48.5 Å². The molecule has 0 saturated heterocycles. The molecule has 2 amide bonds. The van der Waals surface area contributed by atoms with Crippen molar-refractivity contribution in [1.29, 1.82) is 0 Å². The fraction of sp³-hybridized carbons (Fsp3) is 0.440. The minimum absolute atomic E-state index is 0.105. The highest BCUT2D eigenvalue weighted by Gasteiger charge is 2.30. The van der Waals surface area contributed by atoms with E-state index in [-0.39, 0.29) is 12.5 Å². The predicted molar refractivity (Wildman–Crippen MR) is 136 cm³/mol. The summed E-state index contributed by atoms with van der Waals surface area (Å²) in [5, 5.41) is 2.85. The number of ether oxygens (including phenoxy) is 2. The number of rotatable bonds is 13. The fourth-order valence-electron chi connectivity index (χ4n) is 3.47. The van der Waals surface area contributed by atoms with Gasteiger partial charge in [0.25, 0.3) is 0 Å². The highest BCUT2D eigenvalue weighted by Crippen LogP contribution is 2.24. The molecular formula is C25H35N3O6S. The van der Waals surface area contributed by atoms with Gasteiger partial charge in [-0.1, -0.05) is 31.5 Å². The Hall–Kier alpha value is -3.27. The third kappa shape index (κ3) is 8.17. The van der Waals surface area contributed by atoms with E-state index in [2.05, 4.69) is 5.32 Å². The number of methoxy groups -OCH3 is 2. The number of amides is 2. The Morgan fingerprint density at radius 3 is 2.26 bits per heavy atom. The summed E-state index contributed by atoms with van der Waals surface area (Å²) in [6, 6.07) is 12.8. The molecule has 2 aromatic carbocycles. The number of anilines is 1. The van der Waals surface area contributed by atoms with E-state index in [4.69, 9.17) is 9.47 Å². The summed E-state index contributed by atoms with van der Waals surface area (Å²) < 4.78 is 36.8. The Morgan fingerprint density at radius 2 is 1.66 bits per heavy atom. The van der Waals surface area contributed by atoms with Crippen molar-refractivity contribution in [2.75, 3.05) is 37.9 Å². The zero-order valence-electron chi connectivity index (χ0n) is 21.0. The molecule has 2 aromatic rings. The normalized spacial score (nSPS) is 11.9. The summed E-state index contributed by atoms with van der Waals surface area (Å²) in [5.74, 6) is 0.255. The maximum atomic E-state index is 13.5. The number of hydrogen-bond donors (Lipinski definition) is 1. The topological polar surface area (TPSA) is 105 Å². The van der Waals surface area contributed by atoms with Crippen molar-refractivity contribution in [3.8, 4) is 11.5 Å². The van der Waals surface area contributed by atoms with Gasteiger partial charge in [-0.15, -0.1) is 0 Å². The number of carbonyl (C=O) groups excluding carboxylic acids is 2. The average Bonchev–Trinajstić information content (AvgIpc) is 2.84. The van der Waals surface area contributed by atoms with Crippen molar-refractivity contribution in [1.82, 2.24) is 10.2 Å². The lowest BCUT2D eigenvalue weighted by Crippen LogP contribution is -2.51. The van der Waals surface area contributed by atoms with Crippen LogP contribution >= 0.6 is 0 Å². The SMILES string of the molecule is CCCCNC(=O)[C@@H](C)N(Cc1cccc(OC)c1)C(=O)CN(c1cccc(OC)c1)S(C)(=O)=O. The van der Waals surface area contributed by atoms with Gasteiger partial charge in [-0.2, -0.15) is 0 Å². The number of carbonyl (C=O) groups is 2. The standard InChI is InChI=1S/C25H35N3O6S/c1-6-7-14-26-25(30)19(2)27(17-20-10-8-12-22(15-20)33-3)24(29)18-28(35(5,31)32)21-11-9-13-23(16-21)34-4/h8-13,15-16,19H,6-7,14,17-18H2,1-5H3,(H,26,30)/t19-/m1/s1. The summed E-state index contributed by atoms with van der Waals surface area (Å²) in [5.41, 5.74) is 1.04. The van der Waals surface area contributed by atoms with E-state index in [0.29, 0.717) is 23.7 Å². The van der Waals surface area contributed by atoms with Crippen LogP contribution in [0.25, 0.3) is 0 Å². The van der Waals surface area contributed by atoms with Crippen LogP contribution in [-0.4, -0.2) is 64.7 Å². The van der Waals surface area contributed by atoms with Crippen LogP contribution in [0.1, 0.15) is 32.3 Å². The molecule has 0 heterocycles. The molecule has 0 aliphatic carbocycles. The lowest BCUT2D eigenvalue weighted by atomic mass is 10.1. The zero-order chi connectivity index (χ0) is 26.0. The molecule has 0 aromatic heterocycles. The predicted octanol–water partition coefficient (Wildman–Crippen LogP) is 2.80. The Labute approximate surface area is 208 Å². The van der Waals surface area contributed by atoms with Crippen LogP contribution in [0.3, 0.4) is 0 Å². The molecule has 1 N–H and O–H groups in total. The number of unbranched alkanes of at least 4 members (excludes halogenated alkanes) is 1. The Kier molecular flexibility index (Phi) is 10.4. The summed E-state index contributed by atoms with van der Waals surface area (Å²) in [6.07, 6.45) is 2.78. The third-order valence-corrected chi connectivity index (χ3v) is 6.65. The van der Waals surface area contributed by atoms with Crippen molar-refractivity contribution in [3.63, 3.8) is 0 Å². The second-order valence-electron chi connectivity index (χ2n) is 8.16. The van der Waals surface area contributed by atoms with Gasteiger partial charge in [0, 0.05) is 19.2 Å². The number of sulfonamides is 1. The molecule has 0 aliphatic rings. The quantitative estimate of drug-likeness (QED) is 0.420. The molecule has 10 heteroatoms. The zero-order valence-corrected chi connectivity index (χ0v) is 21.8. The molecule has 9 nitrogen and oxygen atoms in total. The third-order valence-electron chi connectivity index (χ3n) is 5.50. The van der Waals surface area contributed by atoms with Gasteiger partial charge in [0.05, 0.1) is 26.2 Å². The number of benzene rings is 2. The second-order valence-corrected chi connectivity index (χ2v) is 10.1. The maximum absolute atomic E-state index is 13.5. The smallest absolute Gasteiger partial charge is 0.244 e. The summed E-state index contributed by atoms with van der Waals surface area (Å²) >= 11 is 0. The first kappa shape index (κ1) is 28.0.